The Labute approximate surface area is 200 Å². The van der Waals surface area contributed by atoms with Crippen molar-refractivity contribution in [3.05, 3.63) is 64.7 Å². The third-order valence-corrected chi connectivity index (χ3v) is 6.00. The summed E-state index contributed by atoms with van der Waals surface area (Å²) in [6.07, 6.45) is 1.35. The SMILES string of the molecule is C[C@H](NC(=O)CC(C)(C)N1CC[C@@H](Oc2cccc(Cl)c2)C1)c1ccc(C(N)=O)cc1.Cl. The van der Waals surface area contributed by atoms with Crippen LogP contribution in [-0.4, -0.2) is 41.4 Å². The zero-order valence-electron chi connectivity index (χ0n) is 18.6. The first-order valence-electron chi connectivity index (χ1n) is 10.5. The molecule has 0 bridgehead atoms. The molecule has 1 fully saturated rings. The smallest absolute Gasteiger partial charge is 0.248 e. The van der Waals surface area contributed by atoms with E-state index in [4.69, 9.17) is 22.1 Å². The molecule has 6 nitrogen and oxygen atoms in total. The molecule has 0 radical (unpaired) electrons. The quantitative estimate of drug-likeness (QED) is 0.588. The zero-order valence-corrected chi connectivity index (χ0v) is 20.2. The van der Waals surface area contributed by atoms with E-state index in [1.54, 1.807) is 12.1 Å². The molecule has 2 atom stereocenters. The van der Waals surface area contributed by atoms with Gasteiger partial charge in [0.15, 0.2) is 0 Å². The highest BCUT2D eigenvalue weighted by Gasteiger charge is 2.36. The van der Waals surface area contributed by atoms with Crippen molar-refractivity contribution in [1.29, 1.82) is 0 Å². The summed E-state index contributed by atoms with van der Waals surface area (Å²) in [5, 5.41) is 3.71. The van der Waals surface area contributed by atoms with Crippen LogP contribution in [0.25, 0.3) is 0 Å². The average Bonchev–Trinajstić information content (AvgIpc) is 3.17. The van der Waals surface area contributed by atoms with Crippen LogP contribution in [0, 0.1) is 0 Å². The van der Waals surface area contributed by atoms with E-state index in [0.29, 0.717) is 17.0 Å². The number of nitrogens with one attached hydrogen (secondary N) is 1. The summed E-state index contributed by atoms with van der Waals surface area (Å²) in [4.78, 5) is 26.2. The Morgan fingerprint density at radius 2 is 1.94 bits per heavy atom. The zero-order chi connectivity index (χ0) is 22.6. The average molecular weight is 480 g/mol. The molecule has 1 aliphatic rings. The lowest BCUT2D eigenvalue weighted by Gasteiger charge is -2.35. The van der Waals surface area contributed by atoms with E-state index in [1.807, 2.05) is 43.3 Å². The van der Waals surface area contributed by atoms with Crippen molar-refractivity contribution < 1.29 is 14.3 Å². The first-order valence-corrected chi connectivity index (χ1v) is 10.9. The van der Waals surface area contributed by atoms with Crippen molar-refractivity contribution in [3.63, 3.8) is 0 Å². The van der Waals surface area contributed by atoms with Crippen molar-refractivity contribution in [1.82, 2.24) is 10.2 Å². The van der Waals surface area contributed by atoms with Crippen molar-refractivity contribution >= 4 is 35.8 Å². The number of ether oxygens (including phenoxy) is 1. The number of carbonyl (C=O) groups is 2. The van der Waals surface area contributed by atoms with Crippen molar-refractivity contribution in [2.24, 2.45) is 5.73 Å². The number of primary amides is 1. The lowest BCUT2D eigenvalue weighted by Crippen LogP contribution is -2.46. The Morgan fingerprint density at radius 3 is 2.56 bits per heavy atom. The van der Waals surface area contributed by atoms with Gasteiger partial charge in [-0.15, -0.1) is 12.4 Å². The summed E-state index contributed by atoms with van der Waals surface area (Å²) in [5.74, 6) is 0.287. The molecule has 32 heavy (non-hydrogen) atoms. The predicted octanol–water partition coefficient (Wildman–Crippen LogP) is 4.36. The van der Waals surface area contributed by atoms with Gasteiger partial charge in [-0.05, 0) is 63.1 Å². The fraction of sp³-hybridized carbons (Fsp3) is 0.417. The molecule has 8 heteroatoms. The van der Waals surface area contributed by atoms with Gasteiger partial charge >= 0.3 is 0 Å². The molecule has 2 aromatic rings. The molecule has 1 aliphatic heterocycles. The molecule has 174 valence electrons. The van der Waals surface area contributed by atoms with Crippen LogP contribution in [0.4, 0.5) is 0 Å². The maximum absolute atomic E-state index is 12.7. The van der Waals surface area contributed by atoms with E-state index in [2.05, 4.69) is 24.1 Å². The van der Waals surface area contributed by atoms with E-state index in [1.165, 1.54) is 0 Å². The number of benzene rings is 2. The Kier molecular flexibility index (Phi) is 8.96. The normalized spacial score (nSPS) is 17.3. The van der Waals surface area contributed by atoms with E-state index >= 15 is 0 Å². The van der Waals surface area contributed by atoms with Gasteiger partial charge in [-0.1, -0.05) is 29.8 Å². The van der Waals surface area contributed by atoms with Gasteiger partial charge in [0.05, 0.1) is 6.04 Å². The van der Waals surface area contributed by atoms with Gasteiger partial charge in [0.2, 0.25) is 11.8 Å². The van der Waals surface area contributed by atoms with Gasteiger partial charge in [0.25, 0.3) is 0 Å². The minimum absolute atomic E-state index is 0. The fourth-order valence-corrected chi connectivity index (χ4v) is 4.10. The van der Waals surface area contributed by atoms with Crippen LogP contribution >= 0.6 is 24.0 Å². The summed E-state index contributed by atoms with van der Waals surface area (Å²) in [6, 6.07) is 14.2. The van der Waals surface area contributed by atoms with Crippen molar-refractivity contribution in [3.8, 4) is 5.75 Å². The number of carbonyl (C=O) groups excluding carboxylic acids is 2. The van der Waals surface area contributed by atoms with Crippen LogP contribution in [0.3, 0.4) is 0 Å². The van der Waals surface area contributed by atoms with Gasteiger partial charge in [0, 0.05) is 35.6 Å². The topological polar surface area (TPSA) is 84.7 Å². The fourth-order valence-electron chi connectivity index (χ4n) is 3.92. The second-order valence-corrected chi connectivity index (χ2v) is 9.13. The number of nitrogens with two attached hydrogens (primary N) is 1. The summed E-state index contributed by atoms with van der Waals surface area (Å²) < 4.78 is 6.08. The van der Waals surface area contributed by atoms with Crippen LogP contribution in [0.2, 0.25) is 5.02 Å². The first-order chi connectivity index (χ1) is 14.6. The van der Waals surface area contributed by atoms with E-state index in [-0.39, 0.29) is 36.0 Å². The third-order valence-electron chi connectivity index (χ3n) is 5.77. The van der Waals surface area contributed by atoms with Crippen LogP contribution in [0.15, 0.2) is 48.5 Å². The highest BCUT2D eigenvalue weighted by Crippen LogP contribution is 2.28. The molecule has 3 N–H and O–H groups in total. The number of amides is 2. The Bertz CT molecular complexity index is 934. The number of hydrogen-bond acceptors (Lipinski definition) is 4. The molecule has 3 rings (SSSR count). The van der Waals surface area contributed by atoms with Gasteiger partial charge in [0.1, 0.15) is 11.9 Å². The lowest BCUT2D eigenvalue weighted by atomic mass is 9.97. The Hall–Kier alpha value is -2.28. The highest BCUT2D eigenvalue weighted by atomic mass is 35.5. The second kappa shape index (κ2) is 11.0. The number of halogens is 2. The Morgan fingerprint density at radius 1 is 1.25 bits per heavy atom. The molecule has 0 aliphatic carbocycles. The number of nitrogens with zero attached hydrogens (tertiary/aromatic N) is 1. The van der Waals surface area contributed by atoms with Gasteiger partial charge in [-0.2, -0.15) is 0 Å². The summed E-state index contributed by atoms with van der Waals surface area (Å²) >= 11 is 6.04. The van der Waals surface area contributed by atoms with Gasteiger partial charge in [-0.3, -0.25) is 14.5 Å². The number of hydrogen-bond donors (Lipinski definition) is 2. The van der Waals surface area contributed by atoms with Crippen LogP contribution < -0.4 is 15.8 Å². The number of rotatable bonds is 8. The minimum atomic E-state index is -0.465. The molecule has 0 aromatic heterocycles. The molecule has 1 saturated heterocycles. The third kappa shape index (κ3) is 6.86. The molecular formula is C24H31Cl2N3O3. The highest BCUT2D eigenvalue weighted by molar-refractivity contribution is 6.30. The van der Waals surface area contributed by atoms with E-state index in [0.717, 1.165) is 30.8 Å². The maximum atomic E-state index is 12.7. The molecule has 0 spiro atoms. The summed E-state index contributed by atoms with van der Waals surface area (Å²) in [7, 11) is 0. The van der Waals surface area contributed by atoms with Crippen LogP contribution in [-0.2, 0) is 4.79 Å². The predicted molar refractivity (Wildman–Crippen MR) is 130 cm³/mol. The summed E-state index contributed by atoms with van der Waals surface area (Å²) in [6.45, 7) is 7.72. The minimum Gasteiger partial charge on any atom is -0.489 e. The van der Waals surface area contributed by atoms with Gasteiger partial charge in [-0.25, -0.2) is 0 Å². The largest absolute Gasteiger partial charge is 0.489 e. The first kappa shape index (κ1) is 26.0. The molecule has 0 saturated carbocycles. The molecule has 2 amide bonds. The van der Waals surface area contributed by atoms with Gasteiger partial charge < -0.3 is 15.8 Å². The molecule has 1 heterocycles. The van der Waals surface area contributed by atoms with Crippen molar-refractivity contribution in [2.45, 2.75) is 51.3 Å². The lowest BCUT2D eigenvalue weighted by molar-refractivity contribution is -0.124. The molecular weight excluding hydrogens is 449 g/mol. The Balaban J connectivity index is 0.00000363. The van der Waals surface area contributed by atoms with E-state index < -0.39 is 5.91 Å². The molecule has 0 unspecified atom stereocenters. The number of likely N-dealkylation sites (tertiary alicyclic amines) is 1. The maximum Gasteiger partial charge on any atom is 0.248 e. The van der Waals surface area contributed by atoms with E-state index in [9.17, 15) is 9.59 Å². The van der Waals surface area contributed by atoms with Crippen molar-refractivity contribution in [2.75, 3.05) is 13.1 Å². The van der Waals surface area contributed by atoms with Crippen LogP contribution in [0.1, 0.15) is 55.6 Å². The monoisotopic (exact) mass is 479 g/mol. The summed E-state index contributed by atoms with van der Waals surface area (Å²) in [5.41, 5.74) is 6.36. The van der Waals surface area contributed by atoms with Crippen LogP contribution in [0.5, 0.6) is 5.75 Å². The molecule has 2 aromatic carbocycles. The second-order valence-electron chi connectivity index (χ2n) is 8.70. The standard InChI is InChI=1S/C24H30ClN3O3.ClH/c1-16(17-7-9-18(10-8-17)23(26)30)27-22(29)14-24(2,3)28-12-11-21(15-28)31-20-6-4-5-19(25)13-20;/h4-10,13,16,21H,11-12,14-15H2,1-3H3,(H2,26,30)(H,27,29);1H/t16-,21+;/m0./s1.